The molecule has 0 aromatic heterocycles. The molecule has 0 aromatic carbocycles. The molecule has 0 aliphatic heterocycles. The van der Waals surface area contributed by atoms with Gasteiger partial charge in [-0.15, -0.1) is 0 Å². The zero-order chi connectivity index (χ0) is 13.5. The zero-order valence-electron chi connectivity index (χ0n) is 10.9. The largest absolute Gasteiger partial charge is 0.193 e. The fourth-order valence-corrected chi connectivity index (χ4v) is 1.90. The minimum atomic E-state index is 0.950. The van der Waals surface area contributed by atoms with Crippen LogP contribution < -0.4 is 0 Å². The summed E-state index contributed by atoms with van der Waals surface area (Å²) in [5, 5.41) is 8.51. The molecule has 0 atom stereocenters. The van der Waals surface area contributed by atoms with Crippen LogP contribution in [0.25, 0.3) is 17.2 Å². The Kier molecular flexibility index (Phi) is 4.31. The average molecular weight is 245 g/mol. The second-order valence-electron chi connectivity index (χ2n) is 4.30. The maximum absolute atomic E-state index is 8.51. The van der Waals surface area contributed by atoms with Gasteiger partial charge in [-0.1, -0.05) is 66.8 Å². The third-order valence-electron chi connectivity index (χ3n) is 2.86. The van der Waals surface area contributed by atoms with E-state index in [-0.39, 0.29) is 0 Å². The van der Waals surface area contributed by atoms with Crippen LogP contribution >= 0.6 is 0 Å². The predicted octanol–water partition coefficient (Wildman–Crippen LogP) is 4.83. The fourth-order valence-electron chi connectivity index (χ4n) is 1.90. The summed E-state index contributed by atoms with van der Waals surface area (Å²) >= 11 is 0. The minimum absolute atomic E-state index is 0.950. The van der Waals surface area contributed by atoms with Crippen LogP contribution in [-0.2, 0) is 0 Å². The first-order valence-corrected chi connectivity index (χ1v) is 6.20. The van der Waals surface area contributed by atoms with Crippen molar-refractivity contribution in [1.29, 1.82) is 5.26 Å². The highest BCUT2D eigenvalue weighted by Crippen LogP contribution is 2.27. The quantitative estimate of drug-likeness (QED) is 0.561. The van der Waals surface area contributed by atoms with Crippen molar-refractivity contribution in [2.75, 3.05) is 0 Å². The highest BCUT2D eigenvalue weighted by molar-refractivity contribution is 5.78. The highest BCUT2D eigenvalue weighted by atomic mass is 14.2. The second kappa shape index (κ2) is 6.37. The number of allylic oxidation sites excluding steroid dienone is 5. The van der Waals surface area contributed by atoms with E-state index in [0.717, 1.165) is 5.57 Å². The first kappa shape index (κ1) is 12.9. The van der Waals surface area contributed by atoms with Gasteiger partial charge < -0.3 is 0 Å². The molecule has 0 radical (unpaired) electrons. The minimum Gasteiger partial charge on any atom is -0.193 e. The fraction of sp³-hybridized carbons (Fsp3) is 0.0556. The summed E-state index contributed by atoms with van der Waals surface area (Å²) in [7, 11) is 0. The maximum Gasteiger partial charge on any atom is 0.0914 e. The van der Waals surface area contributed by atoms with Gasteiger partial charge in [0.2, 0.25) is 0 Å². The van der Waals surface area contributed by atoms with Crippen LogP contribution in [-0.4, -0.2) is 0 Å². The van der Waals surface area contributed by atoms with Gasteiger partial charge in [0.05, 0.1) is 6.07 Å². The number of hydrogen-bond acceptors (Lipinski definition) is 1. The van der Waals surface area contributed by atoms with Crippen molar-refractivity contribution in [1.82, 2.24) is 0 Å². The molecule has 19 heavy (non-hydrogen) atoms. The molecule has 2 aliphatic rings. The van der Waals surface area contributed by atoms with E-state index in [1.165, 1.54) is 22.8 Å². The molecule has 0 aromatic rings. The van der Waals surface area contributed by atoms with Gasteiger partial charge in [0, 0.05) is 6.08 Å². The Morgan fingerprint density at radius 2 is 1.89 bits per heavy atom. The smallest absolute Gasteiger partial charge is 0.0914 e. The van der Waals surface area contributed by atoms with Crippen molar-refractivity contribution in [2.45, 2.75) is 6.92 Å². The number of hydrogen-bond donors (Lipinski definition) is 0. The van der Waals surface area contributed by atoms with Gasteiger partial charge in [-0.2, -0.15) is 5.26 Å². The molecule has 2 aliphatic carbocycles. The standard InChI is InChI=1S/C18H15N/c1-15(13-14-19)7-5-6-9-17-12-11-16-8-3-2-4-10-18(16)17/h2-13H,1H3. The van der Waals surface area contributed by atoms with E-state index in [2.05, 4.69) is 36.4 Å². The summed E-state index contributed by atoms with van der Waals surface area (Å²) in [5.41, 5.74) is 4.65. The summed E-state index contributed by atoms with van der Waals surface area (Å²) < 4.78 is 0. The van der Waals surface area contributed by atoms with E-state index in [9.17, 15) is 0 Å². The molecule has 1 heteroatoms. The summed E-state index contributed by atoms with van der Waals surface area (Å²) in [6.07, 6.45) is 9.48. The molecule has 0 amide bonds. The van der Waals surface area contributed by atoms with Crippen LogP contribution in [0.2, 0.25) is 0 Å². The molecule has 0 unspecified atom stereocenters. The summed E-state index contributed by atoms with van der Waals surface area (Å²) in [4.78, 5) is 0. The number of nitrogens with zero attached hydrogens (tertiary/aromatic N) is 1. The lowest BCUT2D eigenvalue weighted by Crippen LogP contribution is -1.70. The van der Waals surface area contributed by atoms with Gasteiger partial charge in [-0.05, 0) is 29.2 Å². The van der Waals surface area contributed by atoms with Crippen molar-refractivity contribution < 1.29 is 0 Å². The monoisotopic (exact) mass is 245 g/mol. The van der Waals surface area contributed by atoms with Gasteiger partial charge >= 0.3 is 0 Å². The topological polar surface area (TPSA) is 23.8 Å². The normalized spacial score (nSPS) is 12.3. The molecule has 0 heterocycles. The van der Waals surface area contributed by atoms with Crippen molar-refractivity contribution >= 4 is 6.08 Å². The van der Waals surface area contributed by atoms with Crippen LogP contribution in [0.3, 0.4) is 0 Å². The number of rotatable bonds is 3. The van der Waals surface area contributed by atoms with Crippen LogP contribution in [0.5, 0.6) is 0 Å². The highest BCUT2D eigenvalue weighted by Gasteiger charge is 2.03. The van der Waals surface area contributed by atoms with Gasteiger partial charge in [0.1, 0.15) is 0 Å². The molecule has 0 saturated carbocycles. The molecular formula is C18H15N. The van der Waals surface area contributed by atoms with Crippen LogP contribution in [0.4, 0.5) is 0 Å². The van der Waals surface area contributed by atoms with Gasteiger partial charge in [0.15, 0.2) is 0 Å². The van der Waals surface area contributed by atoms with Gasteiger partial charge in [0.25, 0.3) is 0 Å². The van der Waals surface area contributed by atoms with E-state index >= 15 is 0 Å². The Morgan fingerprint density at radius 1 is 1.05 bits per heavy atom. The number of fused-ring (bicyclic) bond motifs is 1. The van der Waals surface area contributed by atoms with Crippen molar-refractivity contribution in [2.24, 2.45) is 0 Å². The lowest BCUT2D eigenvalue weighted by molar-refractivity contribution is 1.48. The SMILES string of the molecule is CC(C=CC=Cc1ccc2cccccc1-2)=CC#N. The lowest BCUT2D eigenvalue weighted by atomic mass is 10.1. The Labute approximate surface area is 114 Å². The van der Waals surface area contributed by atoms with E-state index in [1.807, 2.05) is 43.4 Å². The van der Waals surface area contributed by atoms with E-state index in [0.29, 0.717) is 0 Å². The van der Waals surface area contributed by atoms with Gasteiger partial charge in [-0.25, -0.2) is 0 Å². The Morgan fingerprint density at radius 3 is 2.74 bits per heavy atom. The molecule has 1 nitrogen and oxygen atoms in total. The summed E-state index contributed by atoms with van der Waals surface area (Å²) in [5.74, 6) is 0. The second-order valence-corrected chi connectivity index (χ2v) is 4.30. The molecule has 0 saturated heterocycles. The van der Waals surface area contributed by atoms with Crippen molar-refractivity contribution in [3.05, 3.63) is 77.9 Å². The molecule has 92 valence electrons. The molecule has 0 fully saturated rings. The first-order chi connectivity index (χ1) is 9.31. The third-order valence-corrected chi connectivity index (χ3v) is 2.86. The van der Waals surface area contributed by atoms with Gasteiger partial charge in [-0.3, -0.25) is 0 Å². The molecular weight excluding hydrogens is 230 g/mol. The third kappa shape index (κ3) is 3.43. The first-order valence-electron chi connectivity index (χ1n) is 6.20. The van der Waals surface area contributed by atoms with Crippen LogP contribution in [0.1, 0.15) is 12.5 Å². The average Bonchev–Trinajstić information content (AvgIpc) is 2.63. The van der Waals surface area contributed by atoms with Crippen molar-refractivity contribution in [3.63, 3.8) is 0 Å². The Hall–Kier alpha value is -2.59. The zero-order valence-corrected chi connectivity index (χ0v) is 10.9. The van der Waals surface area contributed by atoms with Crippen LogP contribution in [0, 0.1) is 11.3 Å². The molecule has 2 rings (SSSR count). The summed E-state index contributed by atoms with van der Waals surface area (Å²) in [6, 6.07) is 16.6. The predicted molar refractivity (Wildman–Crippen MR) is 80.6 cm³/mol. The summed E-state index contributed by atoms with van der Waals surface area (Å²) in [6.45, 7) is 1.91. The molecule has 0 bridgehead atoms. The van der Waals surface area contributed by atoms with E-state index in [1.54, 1.807) is 0 Å². The van der Waals surface area contributed by atoms with Crippen molar-refractivity contribution in [3.8, 4) is 17.2 Å². The Balaban J connectivity index is 2.16. The Bertz CT molecular complexity index is 654. The number of nitriles is 1. The lowest BCUT2D eigenvalue weighted by Gasteiger charge is -1.94. The van der Waals surface area contributed by atoms with E-state index in [4.69, 9.17) is 5.26 Å². The van der Waals surface area contributed by atoms with Crippen LogP contribution in [0.15, 0.2) is 72.3 Å². The maximum atomic E-state index is 8.51. The van der Waals surface area contributed by atoms with E-state index < -0.39 is 0 Å². The molecule has 0 spiro atoms. The molecule has 0 N–H and O–H groups in total.